The number of hydrogen-bond donors (Lipinski definition) is 0. The van der Waals surface area contributed by atoms with E-state index in [9.17, 15) is 4.79 Å². The summed E-state index contributed by atoms with van der Waals surface area (Å²) < 4.78 is 5.91. The van der Waals surface area contributed by atoms with Crippen LogP contribution in [0.1, 0.15) is 87.5 Å². The minimum atomic E-state index is 0.163. The van der Waals surface area contributed by atoms with E-state index in [-0.39, 0.29) is 18.1 Å². The van der Waals surface area contributed by atoms with Crippen molar-refractivity contribution in [2.24, 2.45) is 23.2 Å². The lowest BCUT2D eigenvalue weighted by Gasteiger charge is -2.40. The van der Waals surface area contributed by atoms with Crippen LogP contribution in [0.15, 0.2) is 0 Å². The number of carbonyl (C=O) groups excluding carboxylic acids is 1. The summed E-state index contributed by atoms with van der Waals surface area (Å²) in [6.45, 7) is 19.0. The SMILES string of the molecule is CC.CCC(C)C(C(=O)N(CC)CC1(C)CC1)C1CC(C)OC(C)C1. The third-order valence-electron chi connectivity index (χ3n) is 6.15. The summed E-state index contributed by atoms with van der Waals surface area (Å²) in [6, 6.07) is 0. The van der Waals surface area contributed by atoms with E-state index in [2.05, 4.69) is 46.4 Å². The highest BCUT2D eigenvalue weighted by Gasteiger charge is 2.43. The molecule has 0 aromatic rings. The Hall–Kier alpha value is -0.570. The van der Waals surface area contributed by atoms with E-state index in [1.807, 2.05) is 13.8 Å². The molecule has 0 N–H and O–H groups in total. The Morgan fingerprint density at radius 3 is 2.08 bits per heavy atom. The number of rotatable bonds is 7. The van der Waals surface area contributed by atoms with Gasteiger partial charge >= 0.3 is 0 Å². The molecular formula is C22H43NO2. The maximum Gasteiger partial charge on any atom is 0.226 e. The topological polar surface area (TPSA) is 29.5 Å². The summed E-state index contributed by atoms with van der Waals surface area (Å²) in [5.41, 5.74) is 0.391. The summed E-state index contributed by atoms with van der Waals surface area (Å²) in [6.07, 6.45) is 6.23. The Bertz CT molecular complexity index is 395. The van der Waals surface area contributed by atoms with Gasteiger partial charge in [0.2, 0.25) is 5.91 Å². The molecule has 0 aromatic heterocycles. The molecule has 1 saturated carbocycles. The monoisotopic (exact) mass is 353 g/mol. The first-order chi connectivity index (χ1) is 11.8. The van der Waals surface area contributed by atoms with Gasteiger partial charge in [-0.15, -0.1) is 0 Å². The molecule has 0 spiro atoms. The molecule has 1 amide bonds. The van der Waals surface area contributed by atoms with Crippen molar-refractivity contribution in [3.63, 3.8) is 0 Å². The molecule has 3 nitrogen and oxygen atoms in total. The predicted molar refractivity (Wildman–Crippen MR) is 107 cm³/mol. The largest absolute Gasteiger partial charge is 0.376 e. The Morgan fingerprint density at radius 1 is 1.16 bits per heavy atom. The van der Waals surface area contributed by atoms with Gasteiger partial charge in [0, 0.05) is 19.0 Å². The van der Waals surface area contributed by atoms with Crippen LogP contribution in [0, 0.1) is 23.2 Å². The van der Waals surface area contributed by atoms with Crippen molar-refractivity contribution in [3.8, 4) is 0 Å². The van der Waals surface area contributed by atoms with E-state index in [0.717, 1.165) is 32.4 Å². The highest BCUT2D eigenvalue weighted by molar-refractivity contribution is 5.79. The van der Waals surface area contributed by atoms with Crippen LogP contribution in [0.3, 0.4) is 0 Å². The molecule has 1 aliphatic carbocycles. The Kier molecular flexibility index (Phi) is 8.94. The molecule has 1 aliphatic heterocycles. The van der Waals surface area contributed by atoms with Crippen LogP contribution in [-0.4, -0.2) is 36.1 Å². The maximum absolute atomic E-state index is 13.4. The van der Waals surface area contributed by atoms with Gasteiger partial charge in [-0.05, 0) is 63.7 Å². The number of ether oxygens (including phenoxy) is 1. The van der Waals surface area contributed by atoms with Gasteiger partial charge in [0.15, 0.2) is 0 Å². The first kappa shape index (κ1) is 22.5. The molecule has 0 radical (unpaired) electrons. The number of hydrogen-bond acceptors (Lipinski definition) is 2. The van der Waals surface area contributed by atoms with Crippen LogP contribution in [0.2, 0.25) is 0 Å². The van der Waals surface area contributed by atoms with Gasteiger partial charge in [-0.1, -0.05) is 41.0 Å². The molecule has 2 fully saturated rings. The second-order valence-corrected chi connectivity index (χ2v) is 8.56. The van der Waals surface area contributed by atoms with Gasteiger partial charge in [0.05, 0.1) is 12.2 Å². The minimum absolute atomic E-state index is 0.163. The molecule has 148 valence electrons. The molecule has 0 aromatic carbocycles. The number of amides is 1. The Labute approximate surface area is 156 Å². The third-order valence-corrected chi connectivity index (χ3v) is 6.15. The zero-order valence-corrected chi connectivity index (χ0v) is 18.1. The summed E-state index contributed by atoms with van der Waals surface area (Å²) >= 11 is 0. The number of nitrogens with zero attached hydrogens (tertiary/aromatic N) is 1. The number of carbonyl (C=O) groups is 1. The van der Waals surface area contributed by atoms with Gasteiger partial charge in [-0.2, -0.15) is 0 Å². The lowest BCUT2D eigenvalue weighted by atomic mass is 9.74. The van der Waals surface area contributed by atoms with Crippen LogP contribution >= 0.6 is 0 Å². The fraction of sp³-hybridized carbons (Fsp3) is 0.955. The average Bonchev–Trinajstić information content (AvgIpc) is 3.31. The lowest BCUT2D eigenvalue weighted by Crippen LogP contribution is -2.46. The van der Waals surface area contributed by atoms with Gasteiger partial charge < -0.3 is 9.64 Å². The Balaban J connectivity index is 0.00000151. The molecule has 4 atom stereocenters. The van der Waals surface area contributed by atoms with Crippen LogP contribution in [0.25, 0.3) is 0 Å². The zero-order valence-electron chi connectivity index (χ0n) is 18.1. The average molecular weight is 354 g/mol. The van der Waals surface area contributed by atoms with E-state index in [0.29, 0.717) is 23.2 Å². The van der Waals surface area contributed by atoms with Crippen LogP contribution in [0.4, 0.5) is 0 Å². The van der Waals surface area contributed by atoms with Gasteiger partial charge in [-0.3, -0.25) is 4.79 Å². The van der Waals surface area contributed by atoms with E-state index in [4.69, 9.17) is 4.74 Å². The van der Waals surface area contributed by atoms with Crippen LogP contribution < -0.4 is 0 Å². The van der Waals surface area contributed by atoms with Crippen LogP contribution in [-0.2, 0) is 9.53 Å². The Morgan fingerprint density at radius 2 is 1.68 bits per heavy atom. The summed E-state index contributed by atoms with van der Waals surface area (Å²) in [7, 11) is 0. The summed E-state index contributed by atoms with van der Waals surface area (Å²) in [4.78, 5) is 15.5. The second kappa shape index (κ2) is 9.94. The molecule has 1 saturated heterocycles. The van der Waals surface area contributed by atoms with E-state index in [1.165, 1.54) is 12.8 Å². The highest BCUT2D eigenvalue weighted by Crippen LogP contribution is 2.46. The smallest absolute Gasteiger partial charge is 0.226 e. The fourth-order valence-corrected chi connectivity index (χ4v) is 4.30. The fourth-order valence-electron chi connectivity index (χ4n) is 4.30. The first-order valence-corrected chi connectivity index (χ1v) is 10.7. The molecule has 3 heteroatoms. The van der Waals surface area contributed by atoms with Gasteiger partial charge in [0.25, 0.3) is 0 Å². The van der Waals surface area contributed by atoms with Crippen molar-refractivity contribution < 1.29 is 9.53 Å². The van der Waals surface area contributed by atoms with E-state index >= 15 is 0 Å². The van der Waals surface area contributed by atoms with Gasteiger partial charge in [0.1, 0.15) is 0 Å². The normalized spacial score (nSPS) is 29.8. The van der Waals surface area contributed by atoms with Crippen molar-refractivity contribution in [1.29, 1.82) is 0 Å². The molecule has 0 bridgehead atoms. The molecule has 4 unspecified atom stereocenters. The van der Waals surface area contributed by atoms with Crippen molar-refractivity contribution >= 4 is 5.91 Å². The lowest BCUT2D eigenvalue weighted by molar-refractivity contribution is -0.144. The van der Waals surface area contributed by atoms with E-state index in [1.54, 1.807) is 0 Å². The highest BCUT2D eigenvalue weighted by atomic mass is 16.5. The summed E-state index contributed by atoms with van der Waals surface area (Å²) in [5, 5.41) is 0. The summed E-state index contributed by atoms with van der Waals surface area (Å²) in [5.74, 6) is 1.49. The standard InChI is InChI=1S/C20H37NO2.C2H6/c1-7-14(3)18(17-11-15(4)23-16(5)12-17)19(22)21(8-2)13-20(6)9-10-20;1-2/h14-18H,7-13H2,1-6H3;1-2H3. The predicted octanol–water partition coefficient (Wildman–Crippen LogP) is 5.53. The molecule has 25 heavy (non-hydrogen) atoms. The second-order valence-electron chi connectivity index (χ2n) is 8.56. The first-order valence-electron chi connectivity index (χ1n) is 10.7. The molecule has 1 heterocycles. The maximum atomic E-state index is 13.4. The van der Waals surface area contributed by atoms with Gasteiger partial charge in [-0.25, -0.2) is 0 Å². The van der Waals surface area contributed by atoms with Crippen molar-refractivity contribution in [2.75, 3.05) is 13.1 Å². The van der Waals surface area contributed by atoms with Crippen molar-refractivity contribution in [3.05, 3.63) is 0 Å². The van der Waals surface area contributed by atoms with E-state index < -0.39 is 0 Å². The third kappa shape index (κ3) is 6.27. The van der Waals surface area contributed by atoms with Crippen LogP contribution in [0.5, 0.6) is 0 Å². The minimum Gasteiger partial charge on any atom is -0.376 e. The molecule has 2 rings (SSSR count). The molecular weight excluding hydrogens is 310 g/mol. The quantitative estimate of drug-likeness (QED) is 0.602. The van der Waals surface area contributed by atoms with Crippen molar-refractivity contribution in [2.45, 2.75) is 99.7 Å². The van der Waals surface area contributed by atoms with Crippen molar-refractivity contribution in [1.82, 2.24) is 4.90 Å². The zero-order chi connectivity index (χ0) is 19.2. The molecule has 2 aliphatic rings.